The molecule has 0 bridgehead atoms. The summed E-state index contributed by atoms with van der Waals surface area (Å²) in [5.41, 5.74) is 0.689. The predicted molar refractivity (Wildman–Crippen MR) is 108 cm³/mol. The molecule has 0 spiro atoms. The van der Waals surface area contributed by atoms with Gasteiger partial charge in [-0.05, 0) is 51.3 Å². The fourth-order valence-electron chi connectivity index (χ4n) is 3.34. The van der Waals surface area contributed by atoms with Crippen molar-refractivity contribution in [1.29, 1.82) is 0 Å². The van der Waals surface area contributed by atoms with Crippen molar-refractivity contribution in [3.8, 4) is 5.75 Å². The van der Waals surface area contributed by atoms with Gasteiger partial charge in [0.1, 0.15) is 5.75 Å². The molecule has 1 aromatic carbocycles. The van der Waals surface area contributed by atoms with Gasteiger partial charge in [-0.25, -0.2) is 0 Å². The van der Waals surface area contributed by atoms with Gasteiger partial charge in [0.2, 0.25) is 11.8 Å². The maximum Gasteiger partial charge on any atom is 0.227 e. The van der Waals surface area contributed by atoms with Gasteiger partial charge in [0, 0.05) is 24.4 Å². The molecule has 5 nitrogen and oxygen atoms in total. The number of piperidine rings is 1. The Labute approximate surface area is 163 Å². The van der Waals surface area contributed by atoms with Crippen LogP contribution in [0.4, 0.5) is 0 Å². The highest BCUT2D eigenvalue weighted by Gasteiger charge is 2.32. The van der Waals surface area contributed by atoms with Crippen LogP contribution in [0.1, 0.15) is 66.0 Å². The van der Waals surface area contributed by atoms with Gasteiger partial charge in [-0.2, -0.15) is 0 Å². The number of amides is 2. The van der Waals surface area contributed by atoms with Crippen LogP contribution in [-0.2, 0) is 9.59 Å². The summed E-state index contributed by atoms with van der Waals surface area (Å²) in [6.07, 6.45) is 1.59. The maximum atomic E-state index is 12.6. The molecule has 1 aliphatic rings. The monoisotopic (exact) mass is 374 g/mol. The molecule has 150 valence electrons. The Morgan fingerprint density at radius 1 is 1.07 bits per heavy atom. The number of hydrogen-bond donors (Lipinski definition) is 1. The summed E-state index contributed by atoms with van der Waals surface area (Å²) < 4.78 is 5.66. The molecule has 1 heterocycles. The molecule has 5 heteroatoms. The van der Waals surface area contributed by atoms with Gasteiger partial charge in [0.05, 0.1) is 12.1 Å². The van der Waals surface area contributed by atoms with Crippen LogP contribution in [-0.4, -0.2) is 35.9 Å². The molecule has 1 fully saturated rings. The molecular weight excluding hydrogens is 340 g/mol. The lowest BCUT2D eigenvalue weighted by Gasteiger charge is -2.35. The molecule has 1 N–H and O–H groups in total. The Morgan fingerprint density at radius 3 is 2.11 bits per heavy atom. The van der Waals surface area contributed by atoms with E-state index in [9.17, 15) is 9.59 Å². The van der Waals surface area contributed by atoms with E-state index in [-0.39, 0.29) is 35.3 Å². The fraction of sp³-hybridized carbons (Fsp3) is 0.636. The van der Waals surface area contributed by atoms with Gasteiger partial charge in [-0.15, -0.1) is 0 Å². The van der Waals surface area contributed by atoms with E-state index in [1.807, 2.05) is 70.7 Å². The standard InChI is InChI=1S/C22H34N2O3/c1-15(2)27-19-9-7-17(8-10-19)16(3)23-20(25)18-11-13-24(14-12-18)21(26)22(4,5)6/h7-10,15-16,18H,11-14H2,1-6H3,(H,23,25). The van der Waals surface area contributed by atoms with Crippen molar-refractivity contribution >= 4 is 11.8 Å². The van der Waals surface area contributed by atoms with Gasteiger partial charge in [0.15, 0.2) is 0 Å². The van der Waals surface area contributed by atoms with Crippen molar-refractivity contribution in [1.82, 2.24) is 10.2 Å². The molecule has 2 amide bonds. The molecule has 0 saturated carbocycles. The number of likely N-dealkylation sites (tertiary alicyclic amines) is 1. The Morgan fingerprint density at radius 2 is 1.63 bits per heavy atom. The largest absolute Gasteiger partial charge is 0.491 e. The first-order valence-corrected chi connectivity index (χ1v) is 9.94. The number of carbonyl (C=O) groups is 2. The van der Waals surface area contributed by atoms with E-state index in [0.29, 0.717) is 13.1 Å². The number of hydrogen-bond acceptors (Lipinski definition) is 3. The van der Waals surface area contributed by atoms with Gasteiger partial charge < -0.3 is 15.0 Å². The number of nitrogens with one attached hydrogen (secondary N) is 1. The van der Waals surface area contributed by atoms with Crippen LogP contribution in [0.15, 0.2) is 24.3 Å². The first kappa shape index (κ1) is 21.3. The Balaban J connectivity index is 1.86. The average molecular weight is 375 g/mol. The van der Waals surface area contributed by atoms with E-state index >= 15 is 0 Å². The highest BCUT2D eigenvalue weighted by molar-refractivity contribution is 5.82. The van der Waals surface area contributed by atoms with Crippen molar-refractivity contribution in [3.05, 3.63) is 29.8 Å². The zero-order chi connectivity index (χ0) is 20.2. The van der Waals surface area contributed by atoms with E-state index in [1.54, 1.807) is 0 Å². The molecule has 27 heavy (non-hydrogen) atoms. The molecule has 1 atom stereocenters. The zero-order valence-electron chi connectivity index (χ0n) is 17.5. The highest BCUT2D eigenvalue weighted by Crippen LogP contribution is 2.25. The molecule has 2 rings (SSSR count). The molecule has 1 unspecified atom stereocenters. The topological polar surface area (TPSA) is 58.6 Å². The predicted octanol–water partition coefficient (Wildman–Crippen LogP) is 3.94. The second kappa shape index (κ2) is 8.77. The third kappa shape index (κ3) is 5.98. The molecule has 1 aliphatic heterocycles. The SMILES string of the molecule is CC(C)Oc1ccc(C(C)NC(=O)C2CCN(C(=O)C(C)(C)C)CC2)cc1. The Hall–Kier alpha value is -2.04. The van der Waals surface area contributed by atoms with E-state index in [4.69, 9.17) is 4.74 Å². The summed E-state index contributed by atoms with van der Waals surface area (Å²) in [7, 11) is 0. The van der Waals surface area contributed by atoms with Crippen LogP contribution in [0.25, 0.3) is 0 Å². The summed E-state index contributed by atoms with van der Waals surface area (Å²) >= 11 is 0. The highest BCUT2D eigenvalue weighted by atomic mass is 16.5. The summed E-state index contributed by atoms with van der Waals surface area (Å²) in [6, 6.07) is 7.81. The quantitative estimate of drug-likeness (QED) is 0.849. The molecule has 0 radical (unpaired) electrons. The number of rotatable bonds is 5. The normalized spacial score (nSPS) is 16.9. The van der Waals surface area contributed by atoms with Crippen molar-refractivity contribution < 1.29 is 14.3 Å². The number of ether oxygens (including phenoxy) is 1. The molecule has 0 aliphatic carbocycles. The zero-order valence-corrected chi connectivity index (χ0v) is 17.5. The van der Waals surface area contributed by atoms with E-state index in [1.165, 1.54) is 0 Å². The number of benzene rings is 1. The maximum absolute atomic E-state index is 12.6. The van der Waals surface area contributed by atoms with Crippen molar-refractivity contribution in [2.75, 3.05) is 13.1 Å². The molecule has 1 saturated heterocycles. The lowest BCUT2D eigenvalue weighted by Crippen LogP contribution is -2.46. The minimum Gasteiger partial charge on any atom is -0.491 e. The third-order valence-corrected chi connectivity index (χ3v) is 4.91. The lowest BCUT2D eigenvalue weighted by molar-refractivity contribution is -0.142. The summed E-state index contributed by atoms with van der Waals surface area (Å²) in [6.45, 7) is 13.1. The van der Waals surface area contributed by atoms with Crippen molar-refractivity contribution in [2.45, 2.75) is 66.5 Å². The summed E-state index contributed by atoms with van der Waals surface area (Å²) in [5, 5.41) is 3.12. The van der Waals surface area contributed by atoms with Crippen LogP contribution in [0, 0.1) is 11.3 Å². The van der Waals surface area contributed by atoms with Crippen LogP contribution in [0.2, 0.25) is 0 Å². The minimum absolute atomic E-state index is 0.0278. The van der Waals surface area contributed by atoms with E-state index < -0.39 is 0 Å². The molecule has 1 aromatic rings. The van der Waals surface area contributed by atoms with Gasteiger partial charge in [-0.3, -0.25) is 9.59 Å². The molecule has 0 aromatic heterocycles. The van der Waals surface area contributed by atoms with Crippen LogP contribution < -0.4 is 10.1 Å². The summed E-state index contributed by atoms with van der Waals surface area (Å²) in [5.74, 6) is 1.05. The Kier molecular flexibility index (Phi) is 6.90. The van der Waals surface area contributed by atoms with Crippen LogP contribution in [0.5, 0.6) is 5.75 Å². The fourth-order valence-corrected chi connectivity index (χ4v) is 3.34. The second-order valence-corrected chi connectivity index (χ2v) is 8.78. The average Bonchev–Trinajstić information content (AvgIpc) is 2.60. The second-order valence-electron chi connectivity index (χ2n) is 8.78. The van der Waals surface area contributed by atoms with E-state index in [2.05, 4.69) is 5.32 Å². The van der Waals surface area contributed by atoms with Gasteiger partial charge in [-0.1, -0.05) is 32.9 Å². The first-order valence-electron chi connectivity index (χ1n) is 9.94. The number of nitrogens with zero attached hydrogens (tertiary/aromatic N) is 1. The third-order valence-electron chi connectivity index (χ3n) is 4.91. The smallest absolute Gasteiger partial charge is 0.227 e. The van der Waals surface area contributed by atoms with Crippen molar-refractivity contribution in [2.24, 2.45) is 11.3 Å². The van der Waals surface area contributed by atoms with Crippen LogP contribution in [0.3, 0.4) is 0 Å². The van der Waals surface area contributed by atoms with E-state index in [0.717, 1.165) is 24.2 Å². The van der Waals surface area contributed by atoms with Gasteiger partial charge in [0.25, 0.3) is 0 Å². The van der Waals surface area contributed by atoms with Gasteiger partial charge >= 0.3 is 0 Å². The summed E-state index contributed by atoms with van der Waals surface area (Å²) in [4.78, 5) is 26.9. The molecular formula is C22H34N2O3. The first-order chi connectivity index (χ1) is 12.6. The minimum atomic E-state index is -0.366. The number of carbonyl (C=O) groups excluding carboxylic acids is 2. The van der Waals surface area contributed by atoms with Crippen LogP contribution >= 0.6 is 0 Å². The lowest BCUT2D eigenvalue weighted by atomic mass is 9.90. The van der Waals surface area contributed by atoms with Crippen molar-refractivity contribution in [3.63, 3.8) is 0 Å². The Bertz CT molecular complexity index is 639.